The molecule has 39 heavy (non-hydrogen) atoms. The summed E-state index contributed by atoms with van der Waals surface area (Å²) in [6.45, 7) is 1.68. The van der Waals surface area contributed by atoms with Crippen molar-refractivity contribution >= 4 is 46.9 Å². The number of nitrogens with two attached hydrogens (primary N) is 1. The third kappa shape index (κ3) is 5.75. The number of carbonyl (C=O) groups is 5. The van der Waals surface area contributed by atoms with Crippen LogP contribution in [0.15, 0.2) is 18.2 Å². The third-order valence-corrected chi connectivity index (χ3v) is 8.20. The van der Waals surface area contributed by atoms with Gasteiger partial charge in [0.1, 0.15) is 5.75 Å². The van der Waals surface area contributed by atoms with Gasteiger partial charge in [-0.15, -0.1) is 0 Å². The molecule has 1 aromatic rings. The molecular formula is C22H28BN5O10S. The summed E-state index contributed by atoms with van der Waals surface area (Å²) in [7, 11) is -5.55. The second kappa shape index (κ2) is 10.9. The van der Waals surface area contributed by atoms with Crippen LogP contribution in [0.3, 0.4) is 0 Å². The molecule has 2 saturated heterocycles. The monoisotopic (exact) mass is 565 g/mol. The van der Waals surface area contributed by atoms with E-state index in [1.165, 1.54) is 17.0 Å². The van der Waals surface area contributed by atoms with Crippen LogP contribution in [-0.4, -0.2) is 108 Å². The Morgan fingerprint density at radius 2 is 1.90 bits per heavy atom. The van der Waals surface area contributed by atoms with E-state index in [1.807, 2.05) is 0 Å². The smallest absolute Gasteiger partial charge is 0.526 e. The highest BCUT2D eigenvalue weighted by molar-refractivity contribution is 7.86. The molecule has 4 amide bonds. The van der Waals surface area contributed by atoms with Gasteiger partial charge in [0, 0.05) is 50.9 Å². The van der Waals surface area contributed by atoms with Crippen LogP contribution < -0.4 is 15.1 Å². The van der Waals surface area contributed by atoms with Crippen molar-refractivity contribution in [1.29, 1.82) is 0 Å². The van der Waals surface area contributed by atoms with Crippen molar-refractivity contribution in [3.63, 3.8) is 0 Å². The molecule has 3 heterocycles. The third-order valence-electron chi connectivity index (χ3n) is 7.18. The highest BCUT2D eigenvalue weighted by Gasteiger charge is 2.46. The van der Waals surface area contributed by atoms with Gasteiger partial charge in [0.25, 0.3) is 10.2 Å². The van der Waals surface area contributed by atoms with Gasteiger partial charge in [0.2, 0.25) is 0 Å². The number of Topliss-reactive ketones (excluding diaryl/α,β-unsaturated/α-hetero) is 1. The van der Waals surface area contributed by atoms with E-state index >= 15 is 0 Å². The molecule has 2 atom stereocenters. The lowest BCUT2D eigenvalue weighted by atomic mass is 9.63. The topological polar surface area (TPSA) is 217 Å². The van der Waals surface area contributed by atoms with Gasteiger partial charge in [0.05, 0.1) is 11.6 Å². The van der Waals surface area contributed by atoms with Crippen molar-refractivity contribution in [3.05, 3.63) is 29.3 Å². The summed E-state index contributed by atoms with van der Waals surface area (Å²) in [5.41, 5.74) is 0.335. The Labute approximate surface area is 224 Å². The van der Waals surface area contributed by atoms with Gasteiger partial charge >= 0.3 is 30.9 Å². The van der Waals surface area contributed by atoms with Crippen molar-refractivity contribution in [3.8, 4) is 5.75 Å². The van der Waals surface area contributed by atoms with E-state index in [9.17, 15) is 42.5 Å². The summed E-state index contributed by atoms with van der Waals surface area (Å²) in [6, 6.07) is 2.21. The Kier molecular flexibility index (Phi) is 7.97. The number of urea groups is 1. The molecule has 15 nitrogen and oxygen atoms in total. The number of ketones is 1. The molecular weight excluding hydrogens is 537 g/mol. The molecule has 0 spiro atoms. The molecule has 3 aliphatic heterocycles. The first kappa shape index (κ1) is 28.5. The first-order chi connectivity index (χ1) is 18.3. The lowest BCUT2D eigenvalue weighted by Gasteiger charge is -2.42. The maximum absolute atomic E-state index is 13.4. The molecule has 210 valence electrons. The van der Waals surface area contributed by atoms with E-state index in [-0.39, 0.29) is 56.9 Å². The van der Waals surface area contributed by atoms with Crippen molar-refractivity contribution in [2.24, 2.45) is 11.1 Å². The number of fused-ring (bicyclic) bond motifs is 1. The number of piperazine rings is 1. The Morgan fingerprint density at radius 1 is 1.21 bits per heavy atom. The van der Waals surface area contributed by atoms with Crippen LogP contribution in [0, 0.1) is 5.92 Å². The second-order valence-corrected chi connectivity index (χ2v) is 11.2. The fraction of sp³-hybridized carbons (Fsp3) is 0.500. The zero-order chi connectivity index (χ0) is 28.6. The van der Waals surface area contributed by atoms with Gasteiger partial charge in [0.15, 0.2) is 5.78 Å². The average molecular weight is 565 g/mol. The van der Waals surface area contributed by atoms with E-state index < -0.39 is 64.7 Å². The molecule has 0 aromatic heterocycles. The summed E-state index contributed by atoms with van der Waals surface area (Å²) >= 11 is 0. The number of likely N-dealkylation sites (N-methyl/N-ethyl adjacent to an activating group) is 1. The second-order valence-electron chi connectivity index (χ2n) is 9.63. The van der Waals surface area contributed by atoms with Gasteiger partial charge in [-0.3, -0.25) is 19.3 Å². The minimum atomic E-state index is -4.03. The molecule has 1 aromatic carbocycles. The van der Waals surface area contributed by atoms with Crippen molar-refractivity contribution in [2.45, 2.75) is 31.6 Å². The molecule has 3 aliphatic rings. The van der Waals surface area contributed by atoms with Crippen LogP contribution in [0.4, 0.5) is 4.79 Å². The maximum Gasteiger partial charge on any atom is 0.526 e. The standard InChI is InChI=1S/C22H28BN5O10S/c1-2-26-6-7-28(20(31)19(26)30)22(34)25-17(13-10-27(11-13)39(24,36)37)16(29)9-14-8-12-4-3-5-15(21(32)33)18(12)38-23(14)35/h3-5,13-14,17,35H,2,6-11H2,1H3,(H,25,34)(H,32,33)(H2,24,36,37)/t14-,17?/m1/s1. The van der Waals surface area contributed by atoms with Gasteiger partial charge in [-0.05, 0) is 25.0 Å². The predicted molar refractivity (Wildman–Crippen MR) is 134 cm³/mol. The van der Waals surface area contributed by atoms with Gasteiger partial charge in [-0.25, -0.2) is 14.7 Å². The Hall–Kier alpha value is -3.54. The Balaban J connectivity index is 1.51. The van der Waals surface area contributed by atoms with Crippen LogP contribution in [0.1, 0.15) is 29.3 Å². The lowest BCUT2D eigenvalue weighted by Crippen LogP contribution is -2.65. The Bertz CT molecular complexity index is 1320. The van der Waals surface area contributed by atoms with E-state index in [2.05, 4.69) is 5.32 Å². The first-order valence-electron chi connectivity index (χ1n) is 12.2. The number of nitrogens with zero attached hydrogens (tertiary/aromatic N) is 3. The molecule has 17 heteroatoms. The van der Waals surface area contributed by atoms with Crippen LogP contribution in [0.25, 0.3) is 0 Å². The molecule has 5 N–H and O–H groups in total. The normalized spacial score (nSPS) is 21.1. The minimum absolute atomic E-state index is 0.00300. The number of amides is 4. The molecule has 0 radical (unpaired) electrons. The summed E-state index contributed by atoms with van der Waals surface area (Å²) in [4.78, 5) is 64.6. The maximum atomic E-state index is 13.4. The van der Waals surface area contributed by atoms with Crippen molar-refractivity contribution in [1.82, 2.24) is 19.4 Å². The largest absolute Gasteiger partial charge is 0.535 e. The number of para-hydroxylation sites is 1. The highest BCUT2D eigenvalue weighted by atomic mass is 32.2. The number of imide groups is 1. The summed E-state index contributed by atoms with van der Waals surface area (Å²) < 4.78 is 29.7. The first-order valence-corrected chi connectivity index (χ1v) is 13.7. The van der Waals surface area contributed by atoms with Crippen LogP contribution in [-0.2, 0) is 31.0 Å². The minimum Gasteiger partial charge on any atom is -0.535 e. The average Bonchev–Trinajstić information content (AvgIpc) is 2.83. The molecule has 1 unspecified atom stereocenters. The number of carboxylic acids is 1. The SMILES string of the molecule is CCN1CCN(C(=O)NC(C(=O)C[C@H]2Cc3cccc(C(=O)O)c3OB2O)C2CN(S(N)(=O)=O)C2)C(=O)C1=O. The predicted octanol–water partition coefficient (Wildman–Crippen LogP) is -1.97. The molecule has 2 fully saturated rings. The lowest BCUT2D eigenvalue weighted by molar-refractivity contribution is -0.153. The number of carbonyl (C=O) groups excluding carboxylic acids is 4. The van der Waals surface area contributed by atoms with Crippen LogP contribution >= 0.6 is 0 Å². The van der Waals surface area contributed by atoms with E-state index in [1.54, 1.807) is 13.0 Å². The van der Waals surface area contributed by atoms with E-state index in [4.69, 9.17) is 9.79 Å². The number of rotatable bonds is 8. The number of hydrogen-bond donors (Lipinski definition) is 4. The fourth-order valence-electron chi connectivity index (χ4n) is 4.94. The zero-order valence-electron chi connectivity index (χ0n) is 21.0. The zero-order valence-corrected chi connectivity index (χ0v) is 21.8. The molecule has 4 rings (SSSR count). The van der Waals surface area contributed by atoms with Crippen LogP contribution in [0.2, 0.25) is 5.82 Å². The van der Waals surface area contributed by atoms with E-state index in [0.29, 0.717) is 10.5 Å². The summed E-state index contributed by atoms with van der Waals surface area (Å²) in [5.74, 6) is -5.20. The molecule has 0 saturated carbocycles. The van der Waals surface area contributed by atoms with E-state index in [0.717, 1.165) is 4.31 Å². The summed E-state index contributed by atoms with van der Waals surface area (Å²) in [6.07, 6.45) is -0.213. The number of nitrogens with one attached hydrogen (secondary N) is 1. The number of benzene rings is 1. The Morgan fingerprint density at radius 3 is 2.51 bits per heavy atom. The van der Waals surface area contributed by atoms with Crippen molar-refractivity contribution < 1.29 is 47.2 Å². The number of carboxylic acid groups (broad SMARTS) is 1. The highest BCUT2D eigenvalue weighted by Crippen LogP contribution is 2.37. The van der Waals surface area contributed by atoms with Crippen molar-refractivity contribution in [2.75, 3.05) is 32.7 Å². The molecule has 0 bridgehead atoms. The number of aromatic carboxylic acids is 1. The number of hydrogen-bond acceptors (Lipinski definition) is 9. The summed E-state index contributed by atoms with van der Waals surface area (Å²) in [5, 5.41) is 27.5. The van der Waals surface area contributed by atoms with Gasteiger partial charge in [-0.1, -0.05) is 12.1 Å². The van der Waals surface area contributed by atoms with Gasteiger partial charge < -0.3 is 25.0 Å². The van der Waals surface area contributed by atoms with Gasteiger partial charge in [-0.2, -0.15) is 12.7 Å². The fourth-order valence-corrected chi connectivity index (χ4v) is 5.74. The quantitative estimate of drug-likeness (QED) is 0.201. The van der Waals surface area contributed by atoms with Crippen LogP contribution in [0.5, 0.6) is 5.75 Å². The molecule has 0 aliphatic carbocycles.